The molecule has 1 aromatic rings. The molecule has 0 bridgehead atoms. The van der Waals surface area contributed by atoms with E-state index in [-0.39, 0.29) is 0 Å². The van der Waals surface area contributed by atoms with Gasteiger partial charge in [-0.3, -0.25) is 0 Å². The van der Waals surface area contributed by atoms with Gasteiger partial charge in [-0.2, -0.15) is 14.0 Å². The van der Waals surface area contributed by atoms with E-state index in [1.54, 1.807) is 32.0 Å². The Labute approximate surface area is 77.5 Å². The van der Waals surface area contributed by atoms with E-state index in [4.69, 9.17) is 0 Å². The fraction of sp³-hybridized carbons (Fsp3) is 0.286. The first-order valence-electron chi connectivity index (χ1n) is 3.49. The van der Waals surface area contributed by atoms with Crippen molar-refractivity contribution >= 4 is 0 Å². The number of pyridine rings is 1. The number of aromatic nitrogens is 1. The molecular formula is C7H9ClNO4+. The van der Waals surface area contributed by atoms with Gasteiger partial charge in [0.25, 0.3) is 0 Å². The molecule has 13 heavy (non-hydrogen) atoms. The molecule has 0 atom stereocenters. The van der Waals surface area contributed by atoms with Crippen LogP contribution in [-0.4, -0.2) is 0 Å². The highest BCUT2D eigenvalue weighted by Crippen LogP contribution is 1.93. The van der Waals surface area contributed by atoms with Crippen LogP contribution in [0.3, 0.4) is 0 Å². The fourth-order valence-corrected chi connectivity index (χ4v) is 1.32. The van der Waals surface area contributed by atoms with Gasteiger partial charge in [-0.15, -0.1) is 0 Å². The van der Waals surface area contributed by atoms with E-state index in [1.807, 2.05) is 0 Å². The summed E-state index contributed by atoms with van der Waals surface area (Å²) < 4.78 is 36.0. The molecule has 0 fully saturated rings. The van der Waals surface area contributed by atoms with E-state index >= 15 is 0 Å². The Morgan fingerprint density at radius 3 is 2.00 bits per heavy atom. The minimum absolute atomic E-state index is 0.534. The Bertz CT molecular complexity index is 290. The van der Waals surface area contributed by atoms with Gasteiger partial charge < -0.3 is 0 Å². The summed E-state index contributed by atoms with van der Waals surface area (Å²) in [6.07, 6.45) is 0. The Morgan fingerprint density at radius 2 is 1.62 bits per heavy atom. The van der Waals surface area contributed by atoms with Gasteiger partial charge in [0.15, 0.2) is 4.39 Å². The van der Waals surface area contributed by atoms with E-state index in [0.29, 0.717) is 11.4 Å². The second-order valence-electron chi connectivity index (χ2n) is 2.55. The monoisotopic (exact) mass is 206 g/mol. The molecule has 72 valence electrons. The van der Waals surface area contributed by atoms with Gasteiger partial charge in [0, 0.05) is 26.0 Å². The van der Waals surface area contributed by atoms with Gasteiger partial charge in [0.2, 0.25) is 21.6 Å². The molecule has 0 radical (unpaired) electrons. The van der Waals surface area contributed by atoms with Gasteiger partial charge in [-0.05, 0) is 6.07 Å². The van der Waals surface area contributed by atoms with Crippen molar-refractivity contribution in [1.29, 1.82) is 0 Å². The van der Waals surface area contributed by atoms with Crippen molar-refractivity contribution in [3.05, 3.63) is 29.6 Å². The Morgan fingerprint density at radius 1 is 1.15 bits per heavy atom. The van der Waals surface area contributed by atoms with Crippen LogP contribution in [0.4, 0.5) is 0 Å². The molecule has 0 saturated carbocycles. The predicted molar refractivity (Wildman–Crippen MR) is 32.7 cm³/mol. The van der Waals surface area contributed by atoms with E-state index in [0.717, 1.165) is 4.73 Å². The van der Waals surface area contributed by atoms with Crippen molar-refractivity contribution in [2.75, 3.05) is 0 Å². The SMILES string of the molecule is Cc1cccc(C)[n+]1O[Cl+3]([O-])([O-])[O-]. The van der Waals surface area contributed by atoms with Gasteiger partial charge in [0.05, 0.1) is 0 Å². The maximum Gasteiger partial charge on any atom is 0.247 e. The Balaban J connectivity index is 3.00. The molecule has 0 N–H and O–H groups in total. The second-order valence-corrected chi connectivity index (χ2v) is 3.44. The molecule has 0 aliphatic heterocycles. The number of rotatable bonds is 2. The maximum atomic E-state index is 10.3. The molecule has 0 spiro atoms. The van der Waals surface area contributed by atoms with Crippen molar-refractivity contribution < 1.29 is 33.3 Å². The largest absolute Gasteiger partial charge is 0.247 e. The molecule has 0 aliphatic carbocycles. The zero-order valence-electron chi connectivity index (χ0n) is 7.19. The highest BCUT2D eigenvalue weighted by atomic mass is 35.7. The first-order chi connectivity index (χ1) is 5.90. The number of nitrogens with zero attached hydrogens (tertiary/aromatic N) is 1. The van der Waals surface area contributed by atoms with Crippen LogP contribution < -0.4 is 23.1 Å². The van der Waals surface area contributed by atoms with Gasteiger partial charge in [-0.1, -0.05) is 0 Å². The maximum absolute atomic E-state index is 10.3. The molecule has 0 amide bonds. The minimum atomic E-state index is -4.44. The topological polar surface area (TPSA) is 82.3 Å². The summed E-state index contributed by atoms with van der Waals surface area (Å²) in [5.74, 6) is 0. The molecule has 0 aromatic carbocycles. The van der Waals surface area contributed by atoms with Gasteiger partial charge >= 0.3 is 0 Å². The predicted octanol–water partition coefficient (Wildman–Crippen LogP) is -3.08. The smallest absolute Gasteiger partial charge is 0.161 e. The molecule has 1 aromatic heterocycles. The first-order valence-corrected chi connectivity index (χ1v) is 4.73. The van der Waals surface area contributed by atoms with E-state index in [1.165, 1.54) is 0 Å². The Hall–Kier alpha value is -0.880. The second kappa shape index (κ2) is 3.47. The quantitative estimate of drug-likeness (QED) is 0.481. The van der Waals surface area contributed by atoms with Crippen molar-refractivity contribution in [2.45, 2.75) is 13.8 Å². The van der Waals surface area contributed by atoms with E-state index < -0.39 is 10.2 Å². The number of hydrogen-bond acceptors (Lipinski definition) is 4. The van der Waals surface area contributed by atoms with Gasteiger partial charge in [0.1, 0.15) is 4.73 Å². The molecule has 0 unspecified atom stereocenters. The van der Waals surface area contributed by atoms with Crippen molar-refractivity contribution in [3.63, 3.8) is 0 Å². The Kier molecular flexibility index (Phi) is 2.72. The summed E-state index contributed by atoms with van der Waals surface area (Å²) >= 11 is 0. The highest BCUT2D eigenvalue weighted by molar-refractivity contribution is 5.00. The highest BCUT2D eigenvalue weighted by Gasteiger charge is 2.30. The van der Waals surface area contributed by atoms with Crippen LogP contribution >= 0.6 is 0 Å². The standard InChI is InChI=1S/C7H9ClNO4/c1-6-4-3-5-7(2)9(6)13-8(10,11)12/h3-5H,1-2H3/q+1. The lowest BCUT2D eigenvalue weighted by molar-refractivity contribution is -1.94. The third kappa shape index (κ3) is 2.82. The zero-order valence-corrected chi connectivity index (χ0v) is 7.95. The lowest BCUT2D eigenvalue weighted by Gasteiger charge is -2.06. The van der Waals surface area contributed by atoms with Crippen LogP contribution in [0.1, 0.15) is 11.4 Å². The molecule has 6 heteroatoms. The number of halogens is 1. The van der Waals surface area contributed by atoms with E-state index in [9.17, 15) is 14.0 Å². The van der Waals surface area contributed by atoms with Crippen LogP contribution in [-0.2, 0) is 0 Å². The lowest BCUT2D eigenvalue weighted by atomic mass is 10.3. The summed E-state index contributed by atoms with van der Waals surface area (Å²) in [5, 5.41) is 0. The first kappa shape index (κ1) is 10.2. The fourth-order valence-electron chi connectivity index (χ4n) is 0.934. The van der Waals surface area contributed by atoms with Crippen molar-refractivity contribution in [3.8, 4) is 0 Å². The molecule has 1 heterocycles. The lowest BCUT2D eigenvalue weighted by Crippen LogP contribution is -2.72. The number of hydrogen-bond donors (Lipinski definition) is 0. The average molecular weight is 207 g/mol. The van der Waals surface area contributed by atoms with Crippen LogP contribution in [0, 0.1) is 24.1 Å². The summed E-state index contributed by atoms with van der Waals surface area (Å²) in [5.41, 5.74) is 1.07. The van der Waals surface area contributed by atoms with E-state index in [2.05, 4.69) is 4.39 Å². The molecule has 0 saturated heterocycles. The van der Waals surface area contributed by atoms with Crippen LogP contribution in [0.2, 0.25) is 0 Å². The van der Waals surface area contributed by atoms with Crippen LogP contribution in [0.15, 0.2) is 18.2 Å². The minimum Gasteiger partial charge on any atom is -0.161 e. The summed E-state index contributed by atoms with van der Waals surface area (Å²) in [7, 11) is -4.44. The van der Waals surface area contributed by atoms with Crippen LogP contribution in [0.5, 0.6) is 0 Å². The van der Waals surface area contributed by atoms with Crippen molar-refractivity contribution in [1.82, 2.24) is 0 Å². The zero-order chi connectivity index (χ0) is 10.1. The molecule has 1 rings (SSSR count). The third-order valence-corrected chi connectivity index (χ3v) is 1.78. The van der Waals surface area contributed by atoms with Gasteiger partial charge in [-0.25, -0.2) is 0 Å². The van der Waals surface area contributed by atoms with Crippen molar-refractivity contribution in [2.24, 2.45) is 0 Å². The summed E-state index contributed by atoms with van der Waals surface area (Å²) in [4.78, 5) is 0. The molecular weight excluding hydrogens is 198 g/mol. The molecule has 5 nitrogen and oxygen atoms in total. The summed E-state index contributed by atoms with van der Waals surface area (Å²) in [6.45, 7) is 3.27. The summed E-state index contributed by atoms with van der Waals surface area (Å²) in [6, 6.07) is 5.00. The van der Waals surface area contributed by atoms with Crippen LogP contribution in [0.25, 0.3) is 0 Å². The third-order valence-electron chi connectivity index (χ3n) is 1.47. The number of aryl methyl sites for hydroxylation is 2. The normalized spacial score (nSPS) is 11.5. The average Bonchev–Trinajstić information content (AvgIpc) is 1.95. The molecule has 0 aliphatic rings.